The van der Waals surface area contributed by atoms with Crippen LogP contribution in [0, 0.1) is 6.92 Å². The number of rotatable bonds is 7. The molecule has 0 saturated carbocycles. The number of nitrogens with zero attached hydrogens (tertiary/aromatic N) is 1. The number of fused-ring (bicyclic) bond motifs is 1. The summed E-state index contributed by atoms with van der Waals surface area (Å²) in [5.74, 6) is -0.219. The van der Waals surface area contributed by atoms with Crippen LogP contribution < -0.4 is 26.2 Å². The molecule has 0 aliphatic rings. The number of aromatic nitrogens is 1. The monoisotopic (exact) mass is 483 g/mol. The Bertz CT molecular complexity index is 1640. The van der Waals surface area contributed by atoms with Crippen molar-refractivity contribution in [2.75, 3.05) is 17.7 Å². The second kappa shape index (κ2) is 9.15. The molecule has 174 valence electrons. The first-order valence-electron chi connectivity index (χ1n) is 10.9. The highest BCUT2D eigenvalue weighted by atomic mass is 32.1. The van der Waals surface area contributed by atoms with Crippen molar-refractivity contribution in [3.05, 3.63) is 103 Å². The molecule has 35 heavy (non-hydrogen) atoms. The Hall–Kier alpha value is -4.30. The van der Waals surface area contributed by atoms with E-state index in [1.807, 2.05) is 48.7 Å². The van der Waals surface area contributed by atoms with Crippen LogP contribution in [0.4, 0.5) is 11.4 Å². The van der Waals surface area contributed by atoms with Gasteiger partial charge in [-0.2, -0.15) is 0 Å². The van der Waals surface area contributed by atoms with Crippen molar-refractivity contribution in [3.8, 4) is 16.9 Å². The maximum Gasteiger partial charge on any atom is 0.268 e. The molecule has 0 aliphatic heterocycles. The number of aryl methyl sites for hydroxylation is 1. The van der Waals surface area contributed by atoms with Crippen LogP contribution in [0.5, 0.6) is 5.75 Å². The van der Waals surface area contributed by atoms with Crippen LogP contribution in [0.25, 0.3) is 22.0 Å². The van der Waals surface area contributed by atoms with Crippen molar-refractivity contribution in [2.45, 2.75) is 13.5 Å². The summed E-state index contributed by atoms with van der Waals surface area (Å²) in [7, 11) is 1.36. The summed E-state index contributed by atoms with van der Waals surface area (Å²) in [4.78, 5) is 41.9. The van der Waals surface area contributed by atoms with Crippen LogP contribution in [0.3, 0.4) is 0 Å². The fourth-order valence-electron chi connectivity index (χ4n) is 4.09. The molecule has 1 amide bonds. The quantitative estimate of drug-likeness (QED) is 0.325. The van der Waals surface area contributed by atoms with Crippen LogP contribution in [0.2, 0.25) is 0 Å². The van der Waals surface area contributed by atoms with Crippen LogP contribution in [-0.2, 0) is 6.54 Å². The zero-order chi connectivity index (χ0) is 24.5. The molecule has 5 rings (SSSR count). The second-order valence-corrected chi connectivity index (χ2v) is 8.97. The number of thiophene rings is 1. The summed E-state index contributed by atoms with van der Waals surface area (Å²) in [6.07, 6.45) is 1.78. The highest BCUT2D eigenvalue weighted by Gasteiger charge is 2.25. The zero-order valence-corrected chi connectivity index (χ0v) is 19.9. The van der Waals surface area contributed by atoms with E-state index >= 15 is 0 Å². The number of para-hydroxylation sites is 1. The molecule has 8 heteroatoms. The predicted octanol–water partition coefficient (Wildman–Crippen LogP) is 4.74. The molecule has 0 saturated heterocycles. The third-order valence-electron chi connectivity index (χ3n) is 5.92. The van der Waals surface area contributed by atoms with Gasteiger partial charge in [0.05, 0.1) is 23.9 Å². The van der Waals surface area contributed by atoms with Crippen molar-refractivity contribution >= 4 is 39.5 Å². The number of nitrogens with one attached hydrogen (secondary N) is 2. The number of ether oxygens (including phenoxy) is 1. The van der Waals surface area contributed by atoms with E-state index in [4.69, 9.17) is 4.74 Å². The molecule has 0 spiro atoms. The Morgan fingerprint density at radius 3 is 2.71 bits per heavy atom. The fraction of sp³-hybridized carbons (Fsp3) is 0.111. The van der Waals surface area contributed by atoms with Crippen molar-refractivity contribution in [1.82, 2.24) is 4.98 Å². The first-order valence-corrected chi connectivity index (χ1v) is 11.8. The van der Waals surface area contributed by atoms with Gasteiger partial charge in [0.2, 0.25) is 5.43 Å². The molecule has 0 atom stereocenters. The van der Waals surface area contributed by atoms with E-state index in [0.29, 0.717) is 22.7 Å². The number of carbonyl (C=O) groups excluding carboxylic acids is 1. The minimum atomic E-state index is -0.632. The zero-order valence-electron chi connectivity index (χ0n) is 19.0. The van der Waals surface area contributed by atoms with Crippen molar-refractivity contribution in [1.29, 1.82) is 0 Å². The third-order valence-corrected chi connectivity index (χ3v) is 6.83. The summed E-state index contributed by atoms with van der Waals surface area (Å²) in [5, 5.41) is 9.19. The highest BCUT2D eigenvalue weighted by Crippen LogP contribution is 2.31. The van der Waals surface area contributed by atoms with E-state index < -0.39 is 10.9 Å². The molecule has 2 heterocycles. The number of pyridine rings is 1. The lowest BCUT2D eigenvalue weighted by atomic mass is 9.95. The Labute approximate surface area is 204 Å². The van der Waals surface area contributed by atoms with Crippen molar-refractivity contribution < 1.29 is 9.53 Å². The average molecular weight is 484 g/mol. The Balaban J connectivity index is 1.36. The average Bonchev–Trinajstić information content (AvgIpc) is 3.35. The molecule has 0 aliphatic carbocycles. The number of methoxy groups -OCH3 is 1. The Morgan fingerprint density at radius 1 is 1.06 bits per heavy atom. The van der Waals surface area contributed by atoms with Crippen molar-refractivity contribution in [3.63, 3.8) is 0 Å². The van der Waals surface area contributed by atoms with E-state index in [1.54, 1.807) is 24.4 Å². The summed E-state index contributed by atoms with van der Waals surface area (Å²) in [6.45, 7) is 2.38. The van der Waals surface area contributed by atoms with Gasteiger partial charge in [-0.15, -0.1) is 11.3 Å². The van der Waals surface area contributed by atoms with E-state index in [0.717, 1.165) is 27.7 Å². The molecular weight excluding hydrogens is 462 g/mol. The SMILES string of the molecule is COc1c(-c2cc(NC(=O)c3sccc3NCc3ccnc4ccccc34)ccc2C)c(=O)c1=O. The van der Waals surface area contributed by atoms with Gasteiger partial charge in [0.25, 0.3) is 11.3 Å². The fourth-order valence-corrected chi connectivity index (χ4v) is 4.86. The summed E-state index contributed by atoms with van der Waals surface area (Å²) < 4.78 is 5.09. The van der Waals surface area contributed by atoms with E-state index in [9.17, 15) is 14.4 Å². The molecule has 0 fully saturated rings. The van der Waals surface area contributed by atoms with E-state index in [-0.39, 0.29) is 17.2 Å². The topological polar surface area (TPSA) is 97.4 Å². The van der Waals surface area contributed by atoms with Crippen LogP contribution >= 0.6 is 11.3 Å². The molecule has 0 bridgehead atoms. The molecule has 2 aromatic heterocycles. The van der Waals surface area contributed by atoms with Gasteiger partial charge >= 0.3 is 0 Å². The molecular formula is C27H21N3O4S. The summed E-state index contributed by atoms with van der Waals surface area (Å²) in [6, 6.07) is 17.0. The third kappa shape index (κ3) is 4.08. The van der Waals surface area contributed by atoms with Crippen LogP contribution in [-0.4, -0.2) is 18.0 Å². The van der Waals surface area contributed by atoms with Gasteiger partial charge < -0.3 is 15.4 Å². The molecule has 5 aromatic rings. The van der Waals surface area contributed by atoms with E-state index in [2.05, 4.69) is 15.6 Å². The van der Waals surface area contributed by atoms with Gasteiger partial charge in [-0.1, -0.05) is 24.3 Å². The predicted molar refractivity (Wildman–Crippen MR) is 139 cm³/mol. The molecule has 0 radical (unpaired) electrons. The van der Waals surface area contributed by atoms with Gasteiger partial charge in [0.15, 0.2) is 5.75 Å². The number of carbonyl (C=O) groups is 1. The first-order chi connectivity index (χ1) is 17.0. The van der Waals surface area contributed by atoms with Gasteiger partial charge in [-0.3, -0.25) is 19.4 Å². The lowest BCUT2D eigenvalue weighted by molar-refractivity contribution is 0.103. The molecule has 0 unspecified atom stereocenters. The summed E-state index contributed by atoms with van der Waals surface area (Å²) in [5.41, 5.74) is 3.65. The van der Waals surface area contributed by atoms with Crippen LogP contribution in [0.1, 0.15) is 20.8 Å². The number of anilines is 2. The number of hydrogen-bond donors (Lipinski definition) is 2. The smallest absolute Gasteiger partial charge is 0.268 e. The van der Waals surface area contributed by atoms with E-state index in [1.165, 1.54) is 18.4 Å². The molecule has 2 N–H and O–H groups in total. The Kier molecular flexibility index (Phi) is 5.88. The number of amides is 1. The van der Waals surface area contributed by atoms with Gasteiger partial charge in [-0.25, -0.2) is 0 Å². The number of benzene rings is 2. The standard InChI is InChI=1S/C27H21N3O4S/c1-15-7-8-17(13-19(15)22-23(31)24(32)25(22)34-2)30-27(33)26-21(10-12-35-26)29-14-16-9-11-28-20-6-4-3-5-18(16)20/h3-13,29H,14H2,1-2H3,(H,30,33). The Morgan fingerprint density at radius 2 is 1.89 bits per heavy atom. The largest absolute Gasteiger partial charge is 0.492 e. The summed E-state index contributed by atoms with van der Waals surface area (Å²) >= 11 is 1.33. The van der Waals surface area contributed by atoms with Gasteiger partial charge in [0, 0.05) is 23.8 Å². The maximum atomic E-state index is 13.1. The second-order valence-electron chi connectivity index (χ2n) is 8.05. The maximum absolute atomic E-state index is 13.1. The van der Waals surface area contributed by atoms with Crippen molar-refractivity contribution in [2.24, 2.45) is 0 Å². The number of hydrogen-bond acceptors (Lipinski definition) is 7. The normalized spacial score (nSPS) is 11.0. The molecule has 7 nitrogen and oxygen atoms in total. The molecule has 3 aromatic carbocycles. The minimum absolute atomic E-state index is 0.0509. The highest BCUT2D eigenvalue weighted by molar-refractivity contribution is 7.12. The van der Waals surface area contributed by atoms with Gasteiger partial charge in [-0.05, 0) is 59.3 Å². The first kappa shape index (κ1) is 22.5. The lowest BCUT2D eigenvalue weighted by Gasteiger charge is -2.14. The van der Waals surface area contributed by atoms with Crippen LogP contribution in [0.15, 0.2) is 75.8 Å². The lowest BCUT2D eigenvalue weighted by Crippen LogP contribution is -2.34. The minimum Gasteiger partial charge on any atom is -0.492 e. The van der Waals surface area contributed by atoms with Gasteiger partial charge in [0.1, 0.15) is 4.88 Å².